The van der Waals surface area contributed by atoms with Gasteiger partial charge in [0, 0.05) is 25.9 Å². The molecular weight excluding hydrogens is 340 g/mol. The Kier molecular flexibility index (Phi) is 13.9. The number of likely N-dealkylation sites (tertiary alicyclic amines) is 1. The number of carbonyl (C=O) groups excluding carboxylic acids is 3. The van der Waals surface area contributed by atoms with Crippen LogP contribution < -0.4 is 5.32 Å². The smallest absolute Gasteiger partial charge is 0.242 e. The van der Waals surface area contributed by atoms with Gasteiger partial charge in [-0.15, -0.1) is 0 Å². The maximum atomic E-state index is 12.4. The largest absolute Gasteiger partial charge is 0.357 e. The molecule has 1 saturated heterocycles. The van der Waals surface area contributed by atoms with E-state index >= 15 is 0 Å². The lowest BCUT2D eigenvalue weighted by molar-refractivity contribution is -0.142. The van der Waals surface area contributed by atoms with Gasteiger partial charge in [-0.2, -0.15) is 0 Å². The molecule has 0 aromatic heterocycles. The predicted molar refractivity (Wildman–Crippen MR) is 111 cm³/mol. The number of rotatable bonds is 5. The van der Waals surface area contributed by atoms with E-state index in [0.29, 0.717) is 11.7 Å². The molecule has 2 amide bonds. The summed E-state index contributed by atoms with van der Waals surface area (Å²) in [6.07, 6.45) is 9.15. The van der Waals surface area contributed by atoms with Crippen LogP contribution in [0.3, 0.4) is 0 Å². The first-order valence-electron chi connectivity index (χ1n) is 10.9. The number of ketones is 1. The number of amides is 2. The molecule has 1 heterocycles. The Morgan fingerprint density at radius 3 is 2.04 bits per heavy atom. The van der Waals surface area contributed by atoms with Crippen molar-refractivity contribution >= 4 is 17.6 Å². The van der Waals surface area contributed by atoms with E-state index in [0.717, 1.165) is 57.9 Å². The lowest BCUT2D eigenvalue weighted by atomic mass is 9.88. The number of nitrogens with zero attached hydrogens (tertiary/aromatic N) is 1. The van der Waals surface area contributed by atoms with E-state index in [1.807, 2.05) is 18.7 Å². The fraction of sp³-hybridized carbons (Fsp3) is 0.864. The van der Waals surface area contributed by atoms with Gasteiger partial charge in [-0.1, -0.05) is 47.0 Å². The minimum absolute atomic E-state index is 0.00772. The van der Waals surface area contributed by atoms with Crippen LogP contribution in [0, 0.1) is 11.8 Å². The average Bonchev–Trinajstić information content (AvgIpc) is 3.17. The van der Waals surface area contributed by atoms with E-state index < -0.39 is 0 Å². The van der Waals surface area contributed by atoms with Gasteiger partial charge in [-0.3, -0.25) is 9.59 Å². The number of carbonyl (C=O) groups is 3. The van der Waals surface area contributed by atoms with Crippen LogP contribution in [0.1, 0.15) is 92.4 Å². The summed E-state index contributed by atoms with van der Waals surface area (Å²) >= 11 is 0. The van der Waals surface area contributed by atoms with Gasteiger partial charge >= 0.3 is 0 Å². The number of likely N-dealkylation sites (N-methyl/N-ethyl adjacent to an activating group) is 1. The molecule has 5 nitrogen and oxygen atoms in total. The molecule has 1 atom stereocenters. The van der Waals surface area contributed by atoms with Crippen molar-refractivity contribution in [3.63, 3.8) is 0 Å². The lowest BCUT2D eigenvalue weighted by Crippen LogP contribution is -2.47. The lowest BCUT2D eigenvalue weighted by Gasteiger charge is -2.29. The van der Waals surface area contributed by atoms with Crippen LogP contribution in [0.2, 0.25) is 0 Å². The zero-order chi connectivity index (χ0) is 20.8. The second-order valence-electron chi connectivity index (χ2n) is 7.77. The molecule has 1 N–H and O–H groups in total. The molecule has 0 radical (unpaired) electrons. The van der Waals surface area contributed by atoms with Crippen LogP contribution in [-0.2, 0) is 14.4 Å². The van der Waals surface area contributed by atoms with Gasteiger partial charge in [0.25, 0.3) is 0 Å². The Bertz CT molecular complexity index is 443. The summed E-state index contributed by atoms with van der Waals surface area (Å²) in [5.74, 6) is 1.36. The second-order valence-corrected chi connectivity index (χ2v) is 7.77. The standard InChI is InChI=1S/C13H22N2O2.C7H14O.C2H6/c1-14-12(16)11-8-5-9-15(11)13(17)10-6-3-2-4-7-10;1-6(2)4-5-7(3)8;1-2/h10-11H,2-9H2,1H3,(H,14,16);6H,4-5H2,1-3H3;1-2H3/t11-;;/m0../s1. The fourth-order valence-corrected chi connectivity index (χ4v) is 3.55. The van der Waals surface area contributed by atoms with Crippen molar-refractivity contribution in [2.75, 3.05) is 13.6 Å². The first-order valence-corrected chi connectivity index (χ1v) is 10.9. The van der Waals surface area contributed by atoms with Crippen molar-refractivity contribution in [1.82, 2.24) is 10.2 Å². The first kappa shape index (κ1) is 25.6. The zero-order valence-corrected chi connectivity index (χ0v) is 18.5. The summed E-state index contributed by atoms with van der Waals surface area (Å²) in [6.45, 7) is 10.7. The third-order valence-electron chi connectivity index (χ3n) is 5.11. The van der Waals surface area contributed by atoms with Gasteiger partial charge in [0.15, 0.2) is 0 Å². The summed E-state index contributed by atoms with van der Waals surface area (Å²) in [4.78, 5) is 36.2. The Morgan fingerprint density at radius 1 is 1.00 bits per heavy atom. The summed E-state index contributed by atoms with van der Waals surface area (Å²) in [5, 5.41) is 2.66. The molecule has 0 aromatic carbocycles. The zero-order valence-electron chi connectivity index (χ0n) is 18.5. The van der Waals surface area contributed by atoms with E-state index in [4.69, 9.17) is 0 Å². The summed E-state index contributed by atoms with van der Waals surface area (Å²) < 4.78 is 0. The maximum absolute atomic E-state index is 12.4. The van der Waals surface area contributed by atoms with E-state index in [2.05, 4.69) is 19.2 Å². The molecule has 1 aliphatic carbocycles. The molecule has 1 saturated carbocycles. The van der Waals surface area contributed by atoms with Gasteiger partial charge in [-0.25, -0.2) is 0 Å². The molecule has 158 valence electrons. The second kappa shape index (κ2) is 14.6. The highest BCUT2D eigenvalue weighted by Crippen LogP contribution is 2.28. The molecule has 2 rings (SSSR count). The predicted octanol–water partition coefficient (Wildman–Crippen LogP) is 4.34. The number of nitrogens with one attached hydrogen (secondary N) is 1. The molecule has 0 spiro atoms. The maximum Gasteiger partial charge on any atom is 0.242 e. The Labute approximate surface area is 166 Å². The molecule has 1 aliphatic heterocycles. The van der Waals surface area contributed by atoms with Crippen LogP contribution in [0.15, 0.2) is 0 Å². The highest BCUT2D eigenvalue weighted by molar-refractivity contribution is 5.89. The van der Waals surface area contributed by atoms with Gasteiger partial charge < -0.3 is 15.0 Å². The number of Topliss-reactive ketones (excluding diaryl/α,β-unsaturated/α-hetero) is 1. The van der Waals surface area contributed by atoms with E-state index in [1.54, 1.807) is 14.0 Å². The molecule has 5 heteroatoms. The van der Waals surface area contributed by atoms with E-state index in [9.17, 15) is 14.4 Å². The van der Waals surface area contributed by atoms with Crippen LogP contribution in [0.5, 0.6) is 0 Å². The molecule has 2 fully saturated rings. The monoisotopic (exact) mass is 382 g/mol. The van der Waals surface area contributed by atoms with Crippen LogP contribution in [0.25, 0.3) is 0 Å². The molecular formula is C22H42N2O3. The Morgan fingerprint density at radius 2 is 1.59 bits per heavy atom. The van der Waals surface area contributed by atoms with Crippen molar-refractivity contribution in [2.45, 2.75) is 98.4 Å². The highest BCUT2D eigenvalue weighted by Gasteiger charge is 2.36. The number of hydrogen-bond acceptors (Lipinski definition) is 3. The van der Waals surface area contributed by atoms with Gasteiger partial charge in [-0.05, 0) is 44.9 Å². The van der Waals surface area contributed by atoms with Crippen LogP contribution in [0.4, 0.5) is 0 Å². The SMILES string of the molecule is CC.CC(=O)CCC(C)C.CNC(=O)[C@@H]1CCCN1C(=O)C1CCCCC1. The van der Waals surface area contributed by atoms with Crippen molar-refractivity contribution in [1.29, 1.82) is 0 Å². The van der Waals surface area contributed by atoms with Crippen LogP contribution in [-0.4, -0.2) is 42.1 Å². The topological polar surface area (TPSA) is 66.5 Å². The summed E-state index contributed by atoms with van der Waals surface area (Å²) in [7, 11) is 1.64. The van der Waals surface area contributed by atoms with Gasteiger partial charge in [0.1, 0.15) is 11.8 Å². The van der Waals surface area contributed by atoms with Crippen molar-refractivity contribution in [2.24, 2.45) is 11.8 Å². The van der Waals surface area contributed by atoms with Crippen molar-refractivity contribution in [3.8, 4) is 0 Å². The van der Waals surface area contributed by atoms with E-state index in [-0.39, 0.29) is 23.8 Å². The Balaban J connectivity index is 0.000000574. The molecule has 2 aliphatic rings. The third-order valence-corrected chi connectivity index (χ3v) is 5.11. The molecule has 0 aromatic rings. The quantitative estimate of drug-likeness (QED) is 0.769. The van der Waals surface area contributed by atoms with Crippen LogP contribution >= 0.6 is 0 Å². The molecule has 0 unspecified atom stereocenters. The normalized spacial score (nSPS) is 19.5. The van der Waals surface area contributed by atoms with E-state index in [1.165, 1.54) is 6.42 Å². The van der Waals surface area contributed by atoms with Crippen molar-refractivity contribution in [3.05, 3.63) is 0 Å². The molecule has 27 heavy (non-hydrogen) atoms. The van der Waals surface area contributed by atoms with Crippen molar-refractivity contribution < 1.29 is 14.4 Å². The Hall–Kier alpha value is -1.39. The number of hydrogen-bond donors (Lipinski definition) is 1. The fourth-order valence-electron chi connectivity index (χ4n) is 3.55. The minimum Gasteiger partial charge on any atom is -0.357 e. The highest BCUT2D eigenvalue weighted by atomic mass is 16.2. The first-order chi connectivity index (χ1) is 12.9. The minimum atomic E-state index is -0.213. The van der Waals surface area contributed by atoms with Gasteiger partial charge in [0.2, 0.25) is 11.8 Å². The average molecular weight is 383 g/mol. The van der Waals surface area contributed by atoms with Gasteiger partial charge in [0.05, 0.1) is 0 Å². The third kappa shape index (κ3) is 9.92. The summed E-state index contributed by atoms with van der Waals surface area (Å²) in [6, 6.07) is -0.213. The molecule has 0 bridgehead atoms. The summed E-state index contributed by atoms with van der Waals surface area (Å²) in [5.41, 5.74) is 0.